The van der Waals surface area contributed by atoms with Gasteiger partial charge < -0.3 is 4.74 Å². The molecule has 8 heteroatoms. The highest BCUT2D eigenvalue weighted by molar-refractivity contribution is 7.22. The first-order valence-electron chi connectivity index (χ1n) is 11.0. The lowest BCUT2D eigenvalue weighted by Crippen LogP contribution is -2.43. The number of aryl methyl sites for hydroxylation is 2. The number of rotatable bonds is 7. The van der Waals surface area contributed by atoms with Gasteiger partial charge in [-0.2, -0.15) is 5.10 Å². The second-order valence-electron chi connectivity index (χ2n) is 8.27. The first kappa shape index (κ1) is 21.9. The van der Waals surface area contributed by atoms with Crippen LogP contribution < -0.4 is 4.90 Å². The van der Waals surface area contributed by atoms with Gasteiger partial charge in [-0.25, -0.2) is 4.98 Å². The van der Waals surface area contributed by atoms with Gasteiger partial charge in [0.1, 0.15) is 0 Å². The van der Waals surface area contributed by atoms with Gasteiger partial charge >= 0.3 is 0 Å². The number of hydrogen-bond acceptors (Lipinski definition) is 6. The molecule has 1 saturated heterocycles. The van der Waals surface area contributed by atoms with E-state index >= 15 is 0 Å². The average Bonchev–Trinajstić information content (AvgIpc) is 3.37. The lowest BCUT2D eigenvalue weighted by atomic mass is 10.2. The molecule has 2 aromatic heterocycles. The van der Waals surface area contributed by atoms with Crippen LogP contribution in [-0.2, 0) is 11.2 Å². The summed E-state index contributed by atoms with van der Waals surface area (Å²) in [5, 5.41) is 5.33. The molecule has 166 valence electrons. The van der Waals surface area contributed by atoms with E-state index in [0.29, 0.717) is 12.2 Å². The minimum atomic E-state index is -0.0921. The monoisotopic (exact) mass is 441 g/mol. The van der Waals surface area contributed by atoms with Gasteiger partial charge in [-0.05, 0) is 51.0 Å². The number of nitrogens with zero attached hydrogens (tertiary/aromatic N) is 5. The zero-order chi connectivity index (χ0) is 22.0. The van der Waals surface area contributed by atoms with Crippen LogP contribution in [0.4, 0.5) is 5.13 Å². The smallest absolute Gasteiger partial charge is 0.280 e. The van der Waals surface area contributed by atoms with E-state index < -0.39 is 0 Å². The van der Waals surface area contributed by atoms with Crippen LogP contribution in [0.3, 0.4) is 0 Å². The maximum Gasteiger partial charge on any atom is 0.280 e. The van der Waals surface area contributed by atoms with Crippen molar-refractivity contribution in [2.45, 2.75) is 40.2 Å². The summed E-state index contributed by atoms with van der Waals surface area (Å²) in [5.41, 5.74) is 3.68. The molecule has 3 aromatic rings. The van der Waals surface area contributed by atoms with Crippen molar-refractivity contribution in [1.82, 2.24) is 19.7 Å². The Bertz CT molecular complexity index is 1050. The molecule has 1 fully saturated rings. The Hall–Kier alpha value is -2.29. The van der Waals surface area contributed by atoms with Crippen LogP contribution in [0.5, 0.6) is 0 Å². The maximum absolute atomic E-state index is 13.6. The summed E-state index contributed by atoms with van der Waals surface area (Å²) in [7, 11) is 0. The number of aromatic nitrogens is 3. The van der Waals surface area contributed by atoms with Gasteiger partial charge in [-0.1, -0.05) is 24.3 Å². The van der Waals surface area contributed by atoms with Crippen molar-refractivity contribution < 1.29 is 9.53 Å². The van der Waals surface area contributed by atoms with Crippen LogP contribution in [0.1, 0.15) is 48.6 Å². The molecule has 0 atom stereocenters. The van der Waals surface area contributed by atoms with Crippen LogP contribution >= 0.6 is 11.3 Å². The molecule has 0 spiro atoms. The second kappa shape index (κ2) is 9.46. The van der Waals surface area contributed by atoms with Gasteiger partial charge in [0.15, 0.2) is 10.8 Å². The number of carbonyl (C=O) groups is 1. The Morgan fingerprint density at radius 2 is 2.03 bits per heavy atom. The van der Waals surface area contributed by atoms with E-state index in [1.807, 2.05) is 17.7 Å². The molecule has 1 amide bonds. The van der Waals surface area contributed by atoms with E-state index in [1.165, 1.54) is 5.56 Å². The number of anilines is 1. The fraction of sp³-hybridized carbons (Fsp3) is 0.522. The summed E-state index contributed by atoms with van der Waals surface area (Å²) >= 11 is 1.58. The number of morpholine rings is 1. The van der Waals surface area contributed by atoms with E-state index in [0.717, 1.165) is 60.3 Å². The summed E-state index contributed by atoms with van der Waals surface area (Å²) in [6.07, 6.45) is 0.981. The topological polar surface area (TPSA) is 63.5 Å². The molecule has 0 radical (unpaired) electrons. The number of benzene rings is 1. The van der Waals surface area contributed by atoms with Crippen LogP contribution in [0, 0.1) is 6.92 Å². The molecular weight excluding hydrogens is 410 g/mol. The summed E-state index contributed by atoms with van der Waals surface area (Å²) in [5.74, 6) is -0.0921. The molecule has 7 nitrogen and oxygen atoms in total. The highest BCUT2D eigenvalue weighted by Gasteiger charge is 2.25. The summed E-state index contributed by atoms with van der Waals surface area (Å²) in [6.45, 7) is 12.9. The summed E-state index contributed by atoms with van der Waals surface area (Å²) in [6, 6.07) is 8.43. The molecule has 0 saturated carbocycles. The first-order valence-corrected chi connectivity index (χ1v) is 11.9. The van der Waals surface area contributed by atoms with Crippen LogP contribution in [0.15, 0.2) is 24.3 Å². The van der Waals surface area contributed by atoms with Gasteiger partial charge in [-0.15, -0.1) is 0 Å². The first-order chi connectivity index (χ1) is 15.0. The molecule has 1 aliphatic heterocycles. The van der Waals surface area contributed by atoms with Crippen molar-refractivity contribution in [1.29, 1.82) is 0 Å². The standard InChI is InChI=1S/C23H31N5O2S/c1-5-18-6-7-19-21(15-18)31-23(24-19)27(9-8-26-10-12-30-13-11-26)22(29)20-14-17(4)28(25-20)16(2)3/h6-7,14-16H,5,8-13H2,1-4H3. The summed E-state index contributed by atoms with van der Waals surface area (Å²) < 4.78 is 8.48. The average molecular weight is 442 g/mol. The molecule has 1 aliphatic rings. The summed E-state index contributed by atoms with van der Waals surface area (Å²) in [4.78, 5) is 22.5. The van der Waals surface area contributed by atoms with E-state index in [-0.39, 0.29) is 11.9 Å². The van der Waals surface area contributed by atoms with E-state index in [2.05, 4.69) is 49.0 Å². The van der Waals surface area contributed by atoms with E-state index in [1.54, 1.807) is 16.2 Å². The van der Waals surface area contributed by atoms with Gasteiger partial charge in [0.05, 0.1) is 23.4 Å². The van der Waals surface area contributed by atoms with Crippen molar-refractivity contribution in [3.63, 3.8) is 0 Å². The van der Waals surface area contributed by atoms with Crippen molar-refractivity contribution >= 4 is 32.6 Å². The number of fused-ring (bicyclic) bond motifs is 1. The fourth-order valence-electron chi connectivity index (χ4n) is 3.90. The largest absolute Gasteiger partial charge is 0.379 e. The second-order valence-corrected chi connectivity index (χ2v) is 9.28. The number of ether oxygens (including phenoxy) is 1. The highest BCUT2D eigenvalue weighted by atomic mass is 32.1. The quantitative estimate of drug-likeness (QED) is 0.556. The van der Waals surface area contributed by atoms with E-state index in [4.69, 9.17) is 9.72 Å². The molecule has 0 bridgehead atoms. The van der Waals surface area contributed by atoms with Crippen LogP contribution in [0.2, 0.25) is 0 Å². The Morgan fingerprint density at radius 1 is 1.26 bits per heavy atom. The number of thiazole rings is 1. The minimum Gasteiger partial charge on any atom is -0.379 e. The minimum absolute atomic E-state index is 0.0921. The SMILES string of the molecule is CCc1ccc2nc(N(CCN3CCOCC3)C(=O)c3cc(C)n(C(C)C)n3)sc2c1. The molecule has 1 aromatic carbocycles. The zero-order valence-corrected chi connectivity index (χ0v) is 19.6. The van der Waals surface area contributed by atoms with Crippen LogP contribution in [-0.4, -0.2) is 65.0 Å². The third-order valence-corrected chi connectivity index (χ3v) is 6.74. The lowest BCUT2D eigenvalue weighted by Gasteiger charge is -2.29. The normalized spacial score (nSPS) is 15.1. The third kappa shape index (κ3) is 4.81. The fourth-order valence-corrected chi connectivity index (χ4v) is 4.95. The predicted octanol–water partition coefficient (Wildman–Crippen LogP) is 3.92. The van der Waals surface area contributed by atoms with Crippen molar-refractivity contribution in [3.8, 4) is 0 Å². The van der Waals surface area contributed by atoms with E-state index in [9.17, 15) is 4.79 Å². The third-order valence-electron chi connectivity index (χ3n) is 5.70. The van der Waals surface area contributed by atoms with Crippen molar-refractivity contribution in [3.05, 3.63) is 41.2 Å². The van der Waals surface area contributed by atoms with Gasteiger partial charge in [0, 0.05) is 37.9 Å². The molecule has 0 aliphatic carbocycles. The molecule has 0 N–H and O–H groups in total. The molecule has 3 heterocycles. The molecule has 31 heavy (non-hydrogen) atoms. The predicted molar refractivity (Wildman–Crippen MR) is 125 cm³/mol. The molecule has 4 rings (SSSR count). The highest BCUT2D eigenvalue weighted by Crippen LogP contribution is 2.30. The number of amides is 1. The molecule has 0 unspecified atom stereocenters. The maximum atomic E-state index is 13.6. The Morgan fingerprint density at radius 3 is 2.71 bits per heavy atom. The Kier molecular flexibility index (Phi) is 6.69. The Balaban J connectivity index is 1.65. The van der Waals surface area contributed by atoms with Crippen molar-refractivity contribution in [2.75, 3.05) is 44.3 Å². The van der Waals surface area contributed by atoms with Crippen LogP contribution in [0.25, 0.3) is 10.2 Å². The van der Waals surface area contributed by atoms with Gasteiger partial charge in [0.2, 0.25) is 0 Å². The lowest BCUT2D eigenvalue weighted by molar-refractivity contribution is 0.0391. The van der Waals surface area contributed by atoms with Crippen molar-refractivity contribution in [2.24, 2.45) is 0 Å². The number of hydrogen-bond donors (Lipinski definition) is 0. The zero-order valence-electron chi connectivity index (χ0n) is 18.8. The Labute approximate surface area is 187 Å². The van der Waals surface area contributed by atoms with Gasteiger partial charge in [0.25, 0.3) is 5.91 Å². The number of carbonyl (C=O) groups excluding carboxylic acids is 1. The molecular formula is C23H31N5O2S. The van der Waals surface area contributed by atoms with Gasteiger partial charge in [-0.3, -0.25) is 19.3 Å².